The van der Waals surface area contributed by atoms with Crippen LogP contribution in [0, 0.1) is 18.8 Å². The zero-order valence-corrected chi connectivity index (χ0v) is 15.1. The van der Waals surface area contributed by atoms with E-state index in [0.717, 1.165) is 24.1 Å². The van der Waals surface area contributed by atoms with Gasteiger partial charge in [0.2, 0.25) is 5.91 Å². The molecule has 8 heteroatoms. The lowest BCUT2D eigenvalue weighted by molar-refractivity contribution is -0.122. The second kappa shape index (κ2) is 6.59. The van der Waals surface area contributed by atoms with E-state index >= 15 is 0 Å². The van der Waals surface area contributed by atoms with Crippen LogP contribution in [0.25, 0.3) is 0 Å². The molecule has 3 heterocycles. The Morgan fingerprint density at radius 1 is 1.31 bits per heavy atom. The van der Waals surface area contributed by atoms with Crippen molar-refractivity contribution in [2.24, 2.45) is 18.9 Å². The van der Waals surface area contributed by atoms with E-state index in [4.69, 9.17) is 0 Å². The van der Waals surface area contributed by atoms with Crippen molar-refractivity contribution in [1.82, 2.24) is 30.0 Å². The largest absolute Gasteiger partial charge is 0.355 e. The molecule has 2 N–H and O–H groups in total. The van der Waals surface area contributed by atoms with E-state index in [1.54, 1.807) is 12.5 Å². The number of imidazole rings is 1. The highest BCUT2D eigenvalue weighted by atomic mass is 16.2. The number of H-pyrrole nitrogens is 1. The summed E-state index contributed by atoms with van der Waals surface area (Å²) in [6, 6.07) is 0. The molecule has 0 radical (unpaired) electrons. The molecule has 2 atom stereocenters. The first kappa shape index (κ1) is 16.8. The van der Waals surface area contributed by atoms with Gasteiger partial charge in [-0.25, -0.2) is 4.98 Å². The number of rotatable bonds is 5. The first-order valence-corrected chi connectivity index (χ1v) is 9.07. The number of likely N-dealkylation sites (tertiary alicyclic amines) is 1. The molecule has 0 unspecified atom stereocenters. The zero-order chi connectivity index (χ0) is 18.3. The Bertz CT molecular complexity index is 821. The predicted octanol–water partition coefficient (Wildman–Crippen LogP) is 0.834. The van der Waals surface area contributed by atoms with Gasteiger partial charge in [0, 0.05) is 56.3 Å². The maximum Gasteiger partial charge on any atom is 0.272 e. The Morgan fingerprint density at radius 2 is 2.12 bits per heavy atom. The Balaban J connectivity index is 1.52. The van der Waals surface area contributed by atoms with Crippen LogP contribution in [-0.4, -0.2) is 56.1 Å². The first-order chi connectivity index (χ1) is 12.5. The van der Waals surface area contributed by atoms with Gasteiger partial charge in [-0.15, -0.1) is 0 Å². The van der Waals surface area contributed by atoms with Crippen LogP contribution in [0.3, 0.4) is 0 Å². The van der Waals surface area contributed by atoms with Gasteiger partial charge in [0.15, 0.2) is 0 Å². The van der Waals surface area contributed by atoms with Crippen molar-refractivity contribution < 1.29 is 9.59 Å². The van der Waals surface area contributed by atoms with Gasteiger partial charge in [0.1, 0.15) is 5.69 Å². The van der Waals surface area contributed by atoms with Crippen molar-refractivity contribution in [1.29, 1.82) is 0 Å². The van der Waals surface area contributed by atoms with Gasteiger partial charge in [-0.1, -0.05) is 0 Å². The highest BCUT2D eigenvalue weighted by Gasteiger charge is 2.39. The summed E-state index contributed by atoms with van der Waals surface area (Å²) < 4.78 is 2.00. The van der Waals surface area contributed by atoms with Gasteiger partial charge in [-0.3, -0.25) is 14.7 Å². The van der Waals surface area contributed by atoms with E-state index in [1.165, 1.54) is 0 Å². The molecule has 1 aliphatic carbocycles. The molecule has 138 valence electrons. The van der Waals surface area contributed by atoms with E-state index < -0.39 is 0 Å². The molecule has 1 saturated heterocycles. The number of carbonyl (C=O) groups is 2. The SMILES string of the molecule is Cc1cn[nH]c1C(=O)N1C[C@@H](CNC(=O)C2CC2)[C@H](c2cncn2C)C1. The van der Waals surface area contributed by atoms with Crippen LogP contribution >= 0.6 is 0 Å². The lowest BCUT2D eigenvalue weighted by atomic mass is 9.93. The van der Waals surface area contributed by atoms with Crippen molar-refractivity contribution in [2.45, 2.75) is 25.7 Å². The van der Waals surface area contributed by atoms with Crippen LogP contribution < -0.4 is 5.32 Å². The highest BCUT2D eigenvalue weighted by molar-refractivity contribution is 5.93. The summed E-state index contributed by atoms with van der Waals surface area (Å²) in [4.78, 5) is 31.0. The van der Waals surface area contributed by atoms with Gasteiger partial charge in [-0.05, 0) is 25.3 Å². The minimum atomic E-state index is -0.0387. The summed E-state index contributed by atoms with van der Waals surface area (Å²) in [6.45, 7) is 3.68. The molecule has 2 aromatic rings. The topological polar surface area (TPSA) is 95.9 Å². The molecule has 2 fully saturated rings. The van der Waals surface area contributed by atoms with Crippen molar-refractivity contribution in [3.8, 4) is 0 Å². The minimum Gasteiger partial charge on any atom is -0.355 e. The smallest absolute Gasteiger partial charge is 0.272 e. The van der Waals surface area contributed by atoms with Gasteiger partial charge in [0.05, 0.1) is 12.5 Å². The van der Waals surface area contributed by atoms with E-state index in [0.29, 0.717) is 25.3 Å². The maximum atomic E-state index is 12.9. The molecular formula is C18H24N6O2. The number of amides is 2. The molecule has 1 saturated carbocycles. The van der Waals surface area contributed by atoms with Gasteiger partial charge in [0.25, 0.3) is 5.91 Å². The Hall–Kier alpha value is -2.64. The number of aryl methyl sites for hydroxylation is 2. The quantitative estimate of drug-likeness (QED) is 0.829. The van der Waals surface area contributed by atoms with Gasteiger partial charge >= 0.3 is 0 Å². The fourth-order valence-electron chi connectivity index (χ4n) is 3.75. The highest BCUT2D eigenvalue weighted by Crippen LogP contribution is 2.34. The maximum absolute atomic E-state index is 12.9. The fourth-order valence-corrected chi connectivity index (χ4v) is 3.75. The summed E-state index contributed by atoms with van der Waals surface area (Å²) in [5, 5.41) is 9.84. The third-order valence-electron chi connectivity index (χ3n) is 5.49. The van der Waals surface area contributed by atoms with Crippen LogP contribution in [0.5, 0.6) is 0 Å². The molecule has 0 aromatic carbocycles. The fraction of sp³-hybridized carbons (Fsp3) is 0.556. The minimum absolute atomic E-state index is 0.0387. The molecule has 8 nitrogen and oxygen atoms in total. The Kier molecular flexibility index (Phi) is 4.26. The Labute approximate surface area is 152 Å². The molecule has 0 bridgehead atoms. The number of hydrogen-bond donors (Lipinski definition) is 2. The van der Waals surface area contributed by atoms with Crippen molar-refractivity contribution in [2.75, 3.05) is 19.6 Å². The third-order valence-corrected chi connectivity index (χ3v) is 5.49. The van der Waals surface area contributed by atoms with Crippen LogP contribution in [0.4, 0.5) is 0 Å². The molecular weight excluding hydrogens is 332 g/mol. The van der Waals surface area contributed by atoms with Gasteiger partial charge < -0.3 is 14.8 Å². The molecule has 26 heavy (non-hydrogen) atoms. The summed E-state index contributed by atoms with van der Waals surface area (Å²) in [5.41, 5.74) is 2.47. The first-order valence-electron chi connectivity index (χ1n) is 9.07. The van der Waals surface area contributed by atoms with E-state index in [-0.39, 0.29) is 29.6 Å². The number of aromatic nitrogens is 4. The van der Waals surface area contributed by atoms with Gasteiger partial charge in [-0.2, -0.15) is 5.10 Å². The number of aromatic amines is 1. The van der Waals surface area contributed by atoms with Crippen LogP contribution in [-0.2, 0) is 11.8 Å². The summed E-state index contributed by atoms with van der Waals surface area (Å²) in [6.07, 6.45) is 7.28. The number of carbonyl (C=O) groups excluding carboxylic acids is 2. The van der Waals surface area contributed by atoms with Crippen molar-refractivity contribution in [3.63, 3.8) is 0 Å². The zero-order valence-electron chi connectivity index (χ0n) is 15.1. The van der Waals surface area contributed by atoms with E-state index in [2.05, 4.69) is 20.5 Å². The van der Waals surface area contributed by atoms with Crippen molar-refractivity contribution in [3.05, 3.63) is 35.7 Å². The number of nitrogens with one attached hydrogen (secondary N) is 2. The van der Waals surface area contributed by atoms with Crippen molar-refractivity contribution >= 4 is 11.8 Å². The summed E-state index contributed by atoms with van der Waals surface area (Å²) in [7, 11) is 1.96. The molecule has 1 aliphatic heterocycles. The standard InChI is InChI=1S/C18H24N6O2/c1-11-5-21-22-16(11)18(26)24-8-13(6-20-17(25)12-3-4-12)14(9-24)15-7-19-10-23(15)2/h5,7,10,12-14H,3-4,6,8-9H2,1-2H3,(H,20,25)(H,21,22)/t13-,14-/m1/s1. The second-order valence-corrected chi connectivity index (χ2v) is 7.45. The van der Waals surface area contributed by atoms with Crippen LogP contribution in [0.2, 0.25) is 0 Å². The number of nitrogens with zero attached hydrogens (tertiary/aromatic N) is 4. The molecule has 2 amide bonds. The average molecular weight is 356 g/mol. The predicted molar refractivity (Wildman–Crippen MR) is 94.4 cm³/mol. The third kappa shape index (κ3) is 3.11. The lowest BCUT2D eigenvalue weighted by Gasteiger charge is -2.18. The van der Waals surface area contributed by atoms with E-state index in [9.17, 15) is 9.59 Å². The molecule has 2 aliphatic rings. The molecule has 2 aromatic heterocycles. The van der Waals surface area contributed by atoms with Crippen LogP contribution in [0.1, 0.15) is 40.5 Å². The van der Waals surface area contributed by atoms with Crippen LogP contribution in [0.15, 0.2) is 18.7 Å². The second-order valence-electron chi connectivity index (χ2n) is 7.45. The lowest BCUT2D eigenvalue weighted by Crippen LogP contribution is -2.34. The number of hydrogen-bond acceptors (Lipinski definition) is 4. The molecule has 4 rings (SSSR count). The monoisotopic (exact) mass is 356 g/mol. The average Bonchev–Trinajstić information content (AvgIpc) is 3.04. The summed E-state index contributed by atoms with van der Waals surface area (Å²) in [5.74, 6) is 0.609. The van der Waals surface area contributed by atoms with E-state index in [1.807, 2.05) is 29.6 Å². The summed E-state index contributed by atoms with van der Waals surface area (Å²) >= 11 is 0. The normalized spacial score (nSPS) is 22.6. The molecule has 0 spiro atoms. The Morgan fingerprint density at radius 3 is 2.73 bits per heavy atom.